The topological polar surface area (TPSA) is 27.0 Å². The molecule has 1 heterocycles. The summed E-state index contributed by atoms with van der Waals surface area (Å²) in [4.78, 5) is 4.28. The van der Waals surface area contributed by atoms with E-state index in [4.69, 9.17) is 5.09 Å². The van der Waals surface area contributed by atoms with Gasteiger partial charge in [-0.05, 0) is 29.2 Å². The zero-order valence-corrected chi connectivity index (χ0v) is 11.9. The summed E-state index contributed by atoms with van der Waals surface area (Å²) in [6.07, 6.45) is 1.80. The number of benzene rings is 2. The molecule has 19 heavy (non-hydrogen) atoms. The molecule has 0 bridgehead atoms. The minimum atomic E-state index is -0.729. The molecule has 0 spiro atoms. The average molecular weight is 283 g/mol. The van der Waals surface area contributed by atoms with Gasteiger partial charge in [0.1, 0.15) is 0 Å². The molecule has 0 saturated carbocycles. The number of rotatable bonds is 4. The Balaban J connectivity index is 1.96. The van der Waals surface area contributed by atoms with Crippen molar-refractivity contribution in [2.24, 2.45) is 0 Å². The second-order valence-corrected chi connectivity index (χ2v) is 6.63. The van der Waals surface area contributed by atoms with E-state index in [1.54, 1.807) is 17.5 Å². The summed E-state index contributed by atoms with van der Waals surface area (Å²) in [6, 6.07) is 20.8. The van der Waals surface area contributed by atoms with Crippen molar-refractivity contribution in [1.82, 2.24) is 4.98 Å². The lowest BCUT2D eigenvalue weighted by atomic mass is 10.4. The van der Waals surface area contributed by atoms with E-state index in [2.05, 4.69) is 53.5 Å². The molecule has 0 unspecified atom stereocenters. The van der Waals surface area contributed by atoms with Gasteiger partial charge in [0, 0.05) is 0 Å². The number of hydrogen-bond acceptors (Lipinski definition) is 2. The highest BCUT2D eigenvalue weighted by molar-refractivity contribution is 7.76. The molecule has 3 aromatic rings. The first-order valence-corrected chi connectivity index (χ1v) is 8.12. The first kappa shape index (κ1) is 12.3. The van der Waals surface area contributed by atoms with Gasteiger partial charge < -0.3 is 10.1 Å². The molecule has 2 nitrogen and oxygen atoms in total. The zero-order valence-electron chi connectivity index (χ0n) is 10.2. The molecule has 0 radical (unpaired) electrons. The zero-order chi connectivity index (χ0) is 12.9. The fraction of sp³-hybridized carbons (Fsp3) is 0. The summed E-state index contributed by atoms with van der Waals surface area (Å²) in [7, 11) is -0.729. The Labute approximate surface area is 118 Å². The molecule has 0 atom stereocenters. The van der Waals surface area contributed by atoms with E-state index in [-0.39, 0.29) is 0 Å². The highest BCUT2D eigenvalue weighted by Crippen LogP contribution is 2.47. The largest absolute Gasteiger partial charge is 0.433 e. The van der Waals surface area contributed by atoms with Crippen molar-refractivity contribution in [3.8, 4) is 0 Å². The minimum absolute atomic E-state index is 0.729. The molecular weight excluding hydrogens is 271 g/mol. The lowest BCUT2D eigenvalue weighted by Crippen LogP contribution is -2.09. The Kier molecular flexibility index (Phi) is 3.87. The second-order valence-electron chi connectivity index (χ2n) is 3.90. The van der Waals surface area contributed by atoms with E-state index in [0.29, 0.717) is 0 Å². The standard InChI is InChI=1S/C15H12N2PS/c1-3-7-13(8-4-1)18(14-9-5-2-6-10-14)17-15-16-11-12-19-15/h1-12H/q-1. The predicted octanol–water partition coefficient (Wildman–Crippen LogP) is 4.20. The van der Waals surface area contributed by atoms with Gasteiger partial charge in [-0.15, -0.1) is 0 Å². The van der Waals surface area contributed by atoms with Crippen molar-refractivity contribution >= 4 is 35.1 Å². The molecule has 4 heteroatoms. The quantitative estimate of drug-likeness (QED) is 0.659. The molecule has 0 N–H and O–H groups in total. The monoisotopic (exact) mass is 283 g/mol. The molecule has 1 aromatic heterocycles. The Morgan fingerprint density at radius 1 is 0.842 bits per heavy atom. The van der Waals surface area contributed by atoms with Crippen LogP contribution in [0.3, 0.4) is 0 Å². The van der Waals surface area contributed by atoms with Crippen LogP contribution in [0.5, 0.6) is 0 Å². The molecule has 0 aliphatic rings. The average Bonchev–Trinajstić information content (AvgIpc) is 3.00. The maximum Gasteiger partial charge on any atom is -0.00151 e. The van der Waals surface area contributed by atoms with Crippen LogP contribution in [0.15, 0.2) is 72.2 Å². The van der Waals surface area contributed by atoms with E-state index in [1.165, 1.54) is 10.6 Å². The summed E-state index contributed by atoms with van der Waals surface area (Å²) < 4.78 is 0. The van der Waals surface area contributed by atoms with Crippen LogP contribution in [-0.4, -0.2) is 4.98 Å². The van der Waals surface area contributed by atoms with Crippen molar-refractivity contribution in [1.29, 1.82) is 0 Å². The van der Waals surface area contributed by atoms with Gasteiger partial charge in [0.15, 0.2) is 0 Å². The number of nitrogens with zero attached hydrogens (tertiary/aromatic N) is 2. The molecule has 0 fully saturated rings. The predicted molar refractivity (Wildman–Crippen MR) is 84.2 cm³/mol. The molecule has 0 aliphatic carbocycles. The minimum Gasteiger partial charge on any atom is -0.433 e. The van der Waals surface area contributed by atoms with Gasteiger partial charge in [0.25, 0.3) is 0 Å². The van der Waals surface area contributed by atoms with Gasteiger partial charge in [-0.1, -0.05) is 66.9 Å². The summed E-state index contributed by atoms with van der Waals surface area (Å²) in [5.41, 5.74) is 0. The highest BCUT2D eigenvalue weighted by atomic mass is 32.1. The molecular formula is C15H12N2PS-. The molecule has 0 aliphatic heterocycles. The van der Waals surface area contributed by atoms with Crippen molar-refractivity contribution in [2.75, 3.05) is 0 Å². The molecule has 0 amide bonds. The maximum absolute atomic E-state index is 4.83. The van der Waals surface area contributed by atoms with E-state index in [9.17, 15) is 0 Å². The van der Waals surface area contributed by atoms with Crippen molar-refractivity contribution in [2.45, 2.75) is 0 Å². The van der Waals surface area contributed by atoms with Gasteiger partial charge in [0.2, 0.25) is 0 Å². The Morgan fingerprint density at radius 3 is 1.89 bits per heavy atom. The lowest BCUT2D eigenvalue weighted by molar-refractivity contribution is 1.44. The molecule has 2 aromatic carbocycles. The lowest BCUT2D eigenvalue weighted by Gasteiger charge is -2.25. The van der Waals surface area contributed by atoms with Crippen LogP contribution in [0.2, 0.25) is 0 Å². The molecule has 0 saturated heterocycles. The highest BCUT2D eigenvalue weighted by Gasteiger charge is 2.08. The third kappa shape index (κ3) is 3.01. The van der Waals surface area contributed by atoms with Crippen molar-refractivity contribution in [3.05, 3.63) is 77.3 Å². The van der Waals surface area contributed by atoms with Crippen molar-refractivity contribution in [3.63, 3.8) is 0 Å². The van der Waals surface area contributed by atoms with Crippen LogP contribution in [-0.2, 0) is 0 Å². The van der Waals surface area contributed by atoms with E-state index in [1.807, 2.05) is 17.5 Å². The smallest absolute Gasteiger partial charge is 0.00151 e. The van der Waals surface area contributed by atoms with Gasteiger partial charge in [0.05, 0.1) is 0 Å². The summed E-state index contributed by atoms with van der Waals surface area (Å²) in [6.45, 7) is 0. The number of aromatic nitrogens is 1. The Hall–Kier alpha value is -1.70. The SMILES string of the molecule is c1ccc(P([N-]c2nccs2)c2ccccc2)cc1. The van der Waals surface area contributed by atoms with Crippen LogP contribution in [0.1, 0.15) is 0 Å². The van der Waals surface area contributed by atoms with E-state index in [0.717, 1.165) is 5.13 Å². The van der Waals surface area contributed by atoms with Gasteiger partial charge >= 0.3 is 0 Å². The fourth-order valence-electron chi connectivity index (χ4n) is 1.75. The van der Waals surface area contributed by atoms with Crippen molar-refractivity contribution < 1.29 is 0 Å². The van der Waals surface area contributed by atoms with E-state index >= 15 is 0 Å². The third-order valence-electron chi connectivity index (χ3n) is 2.61. The first-order valence-electron chi connectivity index (χ1n) is 5.95. The fourth-order valence-corrected chi connectivity index (χ4v) is 4.21. The normalized spacial score (nSPS) is 10.6. The summed E-state index contributed by atoms with van der Waals surface area (Å²) in [5.74, 6) is 0. The summed E-state index contributed by atoms with van der Waals surface area (Å²) >= 11 is 1.58. The molecule has 3 rings (SSSR count). The van der Waals surface area contributed by atoms with Crippen LogP contribution >= 0.6 is 19.4 Å². The summed E-state index contributed by atoms with van der Waals surface area (Å²) in [5, 5.41) is 10.1. The van der Waals surface area contributed by atoms with Gasteiger partial charge in [-0.2, -0.15) is 11.3 Å². The third-order valence-corrected chi connectivity index (χ3v) is 5.37. The maximum atomic E-state index is 4.83. The molecule has 94 valence electrons. The number of thiazole rings is 1. The second kappa shape index (κ2) is 5.96. The van der Waals surface area contributed by atoms with Crippen LogP contribution in [0.25, 0.3) is 5.09 Å². The van der Waals surface area contributed by atoms with Crippen LogP contribution in [0.4, 0.5) is 5.13 Å². The number of hydrogen-bond donors (Lipinski definition) is 0. The van der Waals surface area contributed by atoms with E-state index < -0.39 is 8.07 Å². The van der Waals surface area contributed by atoms with Crippen LogP contribution < -0.4 is 10.6 Å². The Bertz CT molecular complexity index is 572. The van der Waals surface area contributed by atoms with Gasteiger partial charge in [-0.25, -0.2) is 0 Å². The Morgan fingerprint density at radius 2 is 1.42 bits per heavy atom. The first-order chi connectivity index (χ1) is 9.43. The van der Waals surface area contributed by atoms with Crippen LogP contribution in [0, 0.1) is 0 Å². The van der Waals surface area contributed by atoms with Gasteiger partial charge in [-0.3, -0.25) is 0 Å².